The van der Waals surface area contributed by atoms with Crippen molar-refractivity contribution in [2.75, 3.05) is 0 Å². The van der Waals surface area contributed by atoms with E-state index in [4.69, 9.17) is 5.11 Å². The fourth-order valence-corrected chi connectivity index (χ4v) is 3.51. The van der Waals surface area contributed by atoms with Crippen LogP contribution in [0, 0.1) is 0 Å². The van der Waals surface area contributed by atoms with E-state index >= 15 is 0 Å². The lowest BCUT2D eigenvalue weighted by molar-refractivity contribution is -0.138. The number of aryl methyl sites for hydroxylation is 2. The zero-order valence-electron chi connectivity index (χ0n) is 9.96. The molecule has 0 spiro atoms. The molecule has 0 aliphatic heterocycles. The minimum absolute atomic E-state index is 0.428. The first-order chi connectivity index (χ1) is 8.70. The average Bonchev–Trinajstić information content (AvgIpc) is 3.01. The normalized spacial score (nSPS) is 17.9. The summed E-state index contributed by atoms with van der Waals surface area (Å²) in [5.41, 5.74) is 1.73. The molecule has 1 unspecified atom stereocenters. The Morgan fingerprint density at radius 3 is 3.22 bits per heavy atom. The van der Waals surface area contributed by atoms with Crippen molar-refractivity contribution in [2.45, 2.75) is 32.2 Å². The highest BCUT2D eigenvalue weighted by Crippen LogP contribution is 2.39. The van der Waals surface area contributed by atoms with Crippen molar-refractivity contribution in [1.82, 2.24) is 14.8 Å². The Morgan fingerprint density at radius 2 is 2.50 bits per heavy atom. The Balaban J connectivity index is 2.02. The maximum atomic E-state index is 11.1. The summed E-state index contributed by atoms with van der Waals surface area (Å²) in [6.45, 7) is 2.81. The number of nitrogens with zero attached hydrogens (tertiary/aromatic N) is 3. The monoisotopic (exact) mass is 263 g/mol. The third-order valence-electron chi connectivity index (χ3n) is 3.25. The van der Waals surface area contributed by atoms with E-state index in [1.54, 1.807) is 17.5 Å². The second kappa shape index (κ2) is 4.20. The number of aromatic nitrogens is 3. The highest BCUT2D eigenvalue weighted by molar-refractivity contribution is 7.15. The van der Waals surface area contributed by atoms with Gasteiger partial charge < -0.3 is 5.11 Å². The number of carbonyl (C=O) groups is 1. The molecule has 94 valence electrons. The molecule has 0 fully saturated rings. The Kier molecular flexibility index (Phi) is 2.66. The number of carboxylic acids is 1. The van der Waals surface area contributed by atoms with Crippen LogP contribution in [0.15, 0.2) is 12.3 Å². The third-order valence-corrected chi connectivity index (χ3v) is 4.40. The summed E-state index contributed by atoms with van der Waals surface area (Å²) >= 11 is 1.60. The third kappa shape index (κ3) is 1.64. The molecule has 6 heteroatoms. The summed E-state index contributed by atoms with van der Waals surface area (Å²) in [4.78, 5) is 16.8. The van der Waals surface area contributed by atoms with E-state index in [2.05, 4.69) is 10.1 Å². The molecule has 5 nitrogen and oxygen atoms in total. The van der Waals surface area contributed by atoms with Crippen LogP contribution in [0.3, 0.4) is 0 Å². The van der Waals surface area contributed by atoms with Crippen LogP contribution in [-0.4, -0.2) is 25.8 Å². The summed E-state index contributed by atoms with van der Waals surface area (Å²) < 4.78 is 1.88. The first kappa shape index (κ1) is 11.4. The Hall–Kier alpha value is -1.69. The quantitative estimate of drug-likeness (QED) is 0.921. The van der Waals surface area contributed by atoms with Crippen LogP contribution in [0.5, 0.6) is 0 Å². The lowest BCUT2D eigenvalue weighted by Crippen LogP contribution is -2.08. The Labute approximate surface area is 108 Å². The predicted molar refractivity (Wildman–Crippen MR) is 67.7 cm³/mol. The van der Waals surface area contributed by atoms with Crippen LogP contribution in [-0.2, 0) is 17.8 Å². The minimum Gasteiger partial charge on any atom is -0.481 e. The highest BCUT2D eigenvalue weighted by atomic mass is 32.1. The van der Waals surface area contributed by atoms with Gasteiger partial charge in [0.2, 0.25) is 0 Å². The summed E-state index contributed by atoms with van der Waals surface area (Å²) in [6.07, 6.45) is 3.25. The molecule has 1 atom stereocenters. The van der Waals surface area contributed by atoms with Gasteiger partial charge in [-0.25, -0.2) is 4.98 Å². The molecule has 0 aromatic carbocycles. The van der Waals surface area contributed by atoms with Crippen LogP contribution < -0.4 is 0 Å². The van der Waals surface area contributed by atoms with Crippen molar-refractivity contribution >= 4 is 17.3 Å². The van der Waals surface area contributed by atoms with Crippen molar-refractivity contribution in [3.8, 4) is 10.7 Å². The molecule has 2 aromatic rings. The van der Waals surface area contributed by atoms with Crippen LogP contribution in [0.1, 0.15) is 29.8 Å². The standard InChI is InChI=1S/C12H13N3O2S/c1-2-15-8(5-6-13-15)11-14-10-7(12(16)17)3-4-9(10)18-11/h5-7H,2-4H2,1H3,(H,16,17). The molecule has 1 N–H and O–H groups in total. The van der Waals surface area contributed by atoms with E-state index in [0.29, 0.717) is 6.42 Å². The van der Waals surface area contributed by atoms with Gasteiger partial charge in [-0.05, 0) is 25.8 Å². The van der Waals surface area contributed by atoms with Crippen molar-refractivity contribution < 1.29 is 9.90 Å². The van der Waals surface area contributed by atoms with Gasteiger partial charge in [-0.2, -0.15) is 5.10 Å². The molecule has 3 rings (SSSR count). The van der Waals surface area contributed by atoms with Crippen molar-refractivity contribution in [3.63, 3.8) is 0 Å². The van der Waals surface area contributed by atoms with E-state index < -0.39 is 11.9 Å². The number of aliphatic carboxylic acids is 1. The lowest BCUT2D eigenvalue weighted by atomic mass is 10.1. The molecule has 0 saturated heterocycles. The van der Waals surface area contributed by atoms with E-state index in [1.807, 2.05) is 17.7 Å². The maximum absolute atomic E-state index is 11.1. The summed E-state index contributed by atoms with van der Waals surface area (Å²) in [5, 5.41) is 14.2. The highest BCUT2D eigenvalue weighted by Gasteiger charge is 2.32. The van der Waals surface area contributed by atoms with E-state index in [1.165, 1.54) is 0 Å². The molecule has 2 aromatic heterocycles. The molecule has 0 amide bonds. The molecule has 18 heavy (non-hydrogen) atoms. The van der Waals surface area contributed by atoms with Crippen molar-refractivity contribution in [3.05, 3.63) is 22.8 Å². The van der Waals surface area contributed by atoms with Crippen LogP contribution in [0.4, 0.5) is 0 Å². The van der Waals surface area contributed by atoms with Gasteiger partial charge in [0.15, 0.2) is 0 Å². The van der Waals surface area contributed by atoms with E-state index in [9.17, 15) is 4.79 Å². The van der Waals surface area contributed by atoms with Gasteiger partial charge in [0, 0.05) is 17.6 Å². The van der Waals surface area contributed by atoms with Crippen LogP contribution in [0.2, 0.25) is 0 Å². The van der Waals surface area contributed by atoms with Gasteiger partial charge in [0.25, 0.3) is 0 Å². The van der Waals surface area contributed by atoms with Gasteiger partial charge >= 0.3 is 5.97 Å². The van der Waals surface area contributed by atoms with Crippen LogP contribution in [0.25, 0.3) is 10.7 Å². The average molecular weight is 263 g/mol. The van der Waals surface area contributed by atoms with Crippen molar-refractivity contribution in [2.24, 2.45) is 0 Å². The first-order valence-electron chi connectivity index (χ1n) is 5.95. The van der Waals surface area contributed by atoms with Gasteiger partial charge in [-0.15, -0.1) is 11.3 Å². The number of hydrogen-bond acceptors (Lipinski definition) is 4. The van der Waals surface area contributed by atoms with Crippen LogP contribution >= 0.6 is 11.3 Å². The zero-order chi connectivity index (χ0) is 12.7. The molecular weight excluding hydrogens is 250 g/mol. The second-order valence-corrected chi connectivity index (χ2v) is 5.37. The lowest BCUT2D eigenvalue weighted by Gasteiger charge is -2.03. The molecule has 0 bridgehead atoms. The van der Waals surface area contributed by atoms with Crippen molar-refractivity contribution in [1.29, 1.82) is 0 Å². The van der Waals surface area contributed by atoms with Gasteiger partial charge in [0.1, 0.15) is 10.9 Å². The molecule has 0 saturated carbocycles. The topological polar surface area (TPSA) is 68.0 Å². The summed E-state index contributed by atoms with van der Waals surface area (Å²) in [6, 6.07) is 1.92. The SMILES string of the molecule is CCn1nccc1-c1nc2c(s1)CCC2C(=O)O. The van der Waals surface area contributed by atoms with E-state index in [0.717, 1.165) is 34.2 Å². The summed E-state index contributed by atoms with van der Waals surface area (Å²) in [7, 11) is 0. The second-order valence-electron chi connectivity index (χ2n) is 4.29. The molecule has 1 aliphatic rings. The van der Waals surface area contributed by atoms with Gasteiger partial charge in [-0.1, -0.05) is 0 Å². The Morgan fingerprint density at radius 1 is 1.67 bits per heavy atom. The van der Waals surface area contributed by atoms with E-state index in [-0.39, 0.29) is 0 Å². The fourth-order valence-electron chi connectivity index (χ4n) is 2.34. The van der Waals surface area contributed by atoms with Gasteiger partial charge in [0.05, 0.1) is 11.4 Å². The zero-order valence-corrected chi connectivity index (χ0v) is 10.8. The smallest absolute Gasteiger partial charge is 0.312 e. The van der Waals surface area contributed by atoms with Gasteiger partial charge in [-0.3, -0.25) is 9.48 Å². The number of hydrogen-bond donors (Lipinski definition) is 1. The molecule has 2 heterocycles. The molecular formula is C12H13N3O2S. The Bertz CT molecular complexity index is 602. The number of fused-ring (bicyclic) bond motifs is 1. The first-order valence-corrected chi connectivity index (χ1v) is 6.77. The summed E-state index contributed by atoms with van der Waals surface area (Å²) in [5.74, 6) is -1.20. The fraction of sp³-hybridized carbons (Fsp3) is 0.417. The minimum atomic E-state index is -0.769. The number of thiazole rings is 1. The molecule has 1 aliphatic carbocycles. The largest absolute Gasteiger partial charge is 0.481 e. The maximum Gasteiger partial charge on any atom is 0.312 e. The molecule has 0 radical (unpaired) electrons. The number of carboxylic acid groups (broad SMARTS) is 1. The number of rotatable bonds is 3. The predicted octanol–water partition coefficient (Wildman–Crippen LogP) is 2.14.